The van der Waals surface area contributed by atoms with E-state index in [0.29, 0.717) is 0 Å². The highest BCUT2D eigenvalue weighted by molar-refractivity contribution is 7.71. The van der Waals surface area contributed by atoms with Gasteiger partial charge in [0, 0.05) is 6.07 Å². The van der Waals surface area contributed by atoms with Crippen LogP contribution in [0, 0.1) is 4.77 Å². The molecule has 0 radical (unpaired) electrons. The maximum absolute atomic E-state index is 12.1. The predicted molar refractivity (Wildman–Crippen MR) is 71.2 cm³/mol. The summed E-state index contributed by atoms with van der Waals surface area (Å²) in [7, 11) is 0. The summed E-state index contributed by atoms with van der Waals surface area (Å²) in [6.07, 6.45) is 0. The molecule has 3 N–H and O–H groups in total. The van der Waals surface area contributed by atoms with E-state index in [1.54, 1.807) is 0 Å². The Labute approximate surface area is 120 Å². The van der Waals surface area contributed by atoms with Crippen molar-refractivity contribution in [3.8, 4) is 11.6 Å². The third-order valence-corrected chi connectivity index (χ3v) is 2.41. The Morgan fingerprint density at radius 2 is 2.05 bits per heavy atom. The molecular weight excluding hydrogens is 306 g/mol. The van der Waals surface area contributed by atoms with Gasteiger partial charge < -0.3 is 14.8 Å². The Balaban J connectivity index is 2.30. The molecule has 1 heterocycles. The molecule has 0 unspecified atom stereocenters. The summed E-state index contributed by atoms with van der Waals surface area (Å²) < 4.78 is 28.3. The molecule has 0 aliphatic carbocycles. The number of nitrogens with zero attached hydrogens (tertiary/aromatic N) is 2. The van der Waals surface area contributed by atoms with E-state index in [-0.39, 0.29) is 21.9 Å². The van der Waals surface area contributed by atoms with E-state index in [1.807, 2.05) is 0 Å². The fourth-order valence-corrected chi connectivity index (χ4v) is 1.58. The van der Waals surface area contributed by atoms with E-state index in [0.717, 1.165) is 0 Å². The molecule has 110 valence electrons. The number of H-pyrrole nitrogens is 2. The molecule has 7 nitrogen and oxygen atoms in total. The first-order valence-electron chi connectivity index (χ1n) is 5.48. The van der Waals surface area contributed by atoms with Crippen LogP contribution in [0.25, 0.3) is 0 Å². The first kappa shape index (κ1) is 14.8. The summed E-state index contributed by atoms with van der Waals surface area (Å²) in [6, 6.07) is 5.40. The Kier molecular flexibility index (Phi) is 4.38. The number of rotatable bonds is 4. The molecule has 0 saturated heterocycles. The SMILES string of the molecule is O=c1[nH]c(=S)[nH]c(O)c1N=Nc1cccc(OC(F)F)c1. The van der Waals surface area contributed by atoms with Crippen molar-refractivity contribution in [3.05, 3.63) is 39.4 Å². The van der Waals surface area contributed by atoms with Crippen molar-refractivity contribution in [2.45, 2.75) is 6.61 Å². The fourth-order valence-electron chi connectivity index (χ4n) is 1.39. The van der Waals surface area contributed by atoms with Gasteiger partial charge in [-0.2, -0.15) is 13.9 Å². The molecule has 0 aliphatic rings. The van der Waals surface area contributed by atoms with Crippen LogP contribution in [0.5, 0.6) is 11.6 Å². The van der Waals surface area contributed by atoms with Gasteiger partial charge in [-0.15, -0.1) is 5.11 Å². The van der Waals surface area contributed by atoms with Crippen molar-refractivity contribution in [3.63, 3.8) is 0 Å². The number of hydrogen-bond donors (Lipinski definition) is 3. The monoisotopic (exact) mass is 314 g/mol. The van der Waals surface area contributed by atoms with Gasteiger partial charge in [-0.3, -0.25) is 9.78 Å². The minimum atomic E-state index is -2.96. The average molecular weight is 314 g/mol. The van der Waals surface area contributed by atoms with Crippen LogP contribution in [-0.2, 0) is 0 Å². The van der Waals surface area contributed by atoms with Crippen LogP contribution in [0.4, 0.5) is 20.2 Å². The molecule has 2 aromatic rings. The third kappa shape index (κ3) is 3.92. The number of aromatic amines is 2. The number of nitrogens with one attached hydrogen (secondary N) is 2. The molecule has 10 heteroatoms. The standard InChI is InChI=1S/C11H8F2N4O3S/c12-10(13)20-6-3-1-2-5(4-6)16-17-7-8(18)14-11(21)15-9(7)19/h1-4,10H,(H3,14,15,18,19,21). The maximum Gasteiger partial charge on any atom is 0.387 e. The Morgan fingerprint density at radius 1 is 1.29 bits per heavy atom. The Hall–Kier alpha value is -2.62. The van der Waals surface area contributed by atoms with Crippen LogP contribution >= 0.6 is 12.2 Å². The molecule has 0 aliphatic heterocycles. The summed E-state index contributed by atoms with van der Waals surface area (Å²) in [6.45, 7) is -2.96. The van der Waals surface area contributed by atoms with Gasteiger partial charge in [0.15, 0.2) is 4.77 Å². The van der Waals surface area contributed by atoms with Crippen molar-refractivity contribution in [2.75, 3.05) is 0 Å². The van der Waals surface area contributed by atoms with Gasteiger partial charge in [0.1, 0.15) is 5.75 Å². The van der Waals surface area contributed by atoms with Crippen molar-refractivity contribution < 1.29 is 18.6 Å². The van der Waals surface area contributed by atoms with Crippen LogP contribution in [0.2, 0.25) is 0 Å². The summed E-state index contributed by atoms with van der Waals surface area (Å²) >= 11 is 4.65. The first-order valence-corrected chi connectivity index (χ1v) is 5.88. The lowest BCUT2D eigenvalue weighted by atomic mass is 10.3. The zero-order valence-corrected chi connectivity index (χ0v) is 11.0. The van der Waals surface area contributed by atoms with Gasteiger partial charge >= 0.3 is 6.61 Å². The summed E-state index contributed by atoms with van der Waals surface area (Å²) in [4.78, 5) is 16.0. The molecule has 0 bridgehead atoms. The molecule has 0 amide bonds. The molecule has 1 aromatic heterocycles. The van der Waals surface area contributed by atoms with E-state index < -0.39 is 18.1 Å². The van der Waals surface area contributed by atoms with Crippen LogP contribution in [0.15, 0.2) is 39.3 Å². The van der Waals surface area contributed by atoms with E-state index in [1.165, 1.54) is 24.3 Å². The number of azo groups is 1. The summed E-state index contributed by atoms with van der Waals surface area (Å²) in [5.41, 5.74) is -0.960. The molecule has 1 aromatic carbocycles. The van der Waals surface area contributed by atoms with Gasteiger partial charge in [0.2, 0.25) is 11.6 Å². The van der Waals surface area contributed by atoms with Crippen molar-refractivity contribution >= 4 is 23.6 Å². The maximum atomic E-state index is 12.1. The van der Waals surface area contributed by atoms with E-state index in [4.69, 9.17) is 0 Å². The van der Waals surface area contributed by atoms with Crippen LogP contribution in [0.3, 0.4) is 0 Å². The Bertz CT molecular complexity index is 788. The summed E-state index contributed by atoms with van der Waals surface area (Å²) in [5.74, 6) is -0.653. The average Bonchev–Trinajstić information content (AvgIpc) is 2.37. The molecule has 0 spiro atoms. The lowest BCUT2D eigenvalue weighted by Gasteiger charge is -2.03. The van der Waals surface area contributed by atoms with Gasteiger partial charge in [-0.05, 0) is 24.4 Å². The van der Waals surface area contributed by atoms with Crippen molar-refractivity contribution in [1.82, 2.24) is 9.97 Å². The Morgan fingerprint density at radius 3 is 2.71 bits per heavy atom. The lowest BCUT2D eigenvalue weighted by molar-refractivity contribution is -0.0498. The second kappa shape index (κ2) is 6.22. The quantitative estimate of drug-likeness (QED) is 0.595. The highest BCUT2D eigenvalue weighted by atomic mass is 32.1. The topological polar surface area (TPSA) is 103 Å². The lowest BCUT2D eigenvalue weighted by Crippen LogP contribution is -2.06. The van der Waals surface area contributed by atoms with Gasteiger partial charge in [-0.25, -0.2) is 0 Å². The highest BCUT2D eigenvalue weighted by Gasteiger charge is 2.07. The van der Waals surface area contributed by atoms with Crippen molar-refractivity contribution in [1.29, 1.82) is 0 Å². The molecule has 2 rings (SSSR count). The number of benzene rings is 1. The number of aromatic nitrogens is 2. The molecule has 0 saturated carbocycles. The third-order valence-electron chi connectivity index (χ3n) is 2.21. The number of ether oxygens (including phenoxy) is 1. The van der Waals surface area contributed by atoms with E-state index in [2.05, 4.69) is 37.2 Å². The number of hydrogen-bond acceptors (Lipinski definition) is 6. The zero-order valence-electron chi connectivity index (χ0n) is 10.2. The number of alkyl halides is 2. The second-order valence-corrected chi connectivity index (χ2v) is 4.09. The fraction of sp³-hybridized carbons (Fsp3) is 0.0909. The van der Waals surface area contributed by atoms with Gasteiger partial charge in [0.25, 0.3) is 5.56 Å². The van der Waals surface area contributed by atoms with Crippen LogP contribution in [-0.4, -0.2) is 21.7 Å². The smallest absolute Gasteiger partial charge is 0.387 e. The number of halogens is 2. The van der Waals surface area contributed by atoms with Crippen molar-refractivity contribution in [2.24, 2.45) is 10.2 Å². The van der Waals surface area contributed by atoms with E-state index >= 15 is 0 Å². The molecular formula is C11H8F2N4O3S. The van der Waals surface area contributed by atoms with E-state index in [9.17, 15) is 18.7 Å². The van der Waals surface area contributed by atoms with Gasteiger partial charge in [0.05, 0.1) is 5.69 Å². The molecule has 21 heavy (non-hydrogen) atoms. The van der Waals surface area contributed by atoms with Crippen LogP contribution < -0.4 is 10.3 Å². The van der Waals surface area contributed by atoms with Crippen LogP contribution in [0.1, 0.15) is 0 Å². The first-order chi connectivity index (χ1) is 9.95. The largest absolute Gasteiger partial charge is 0.493 e. The highest BCUT2D eigenvalue weighted by Crippen LogP contribution is 2.24. The molecule has 0 atom stereocenters. The minimum Gasteiger partial charge on any atom is -0.493 e. The molecule has 0 fully saturated rings. The minimum absolute atomic E-state index is 0.0659. The van der Waals surface area contributed by atoms with Gasteiger partial charge in [-0.1, -0.05) is 6.07 Å². The predicted octanol–water partition coefficient (Wildman–Crippen LogP) is 3.15. The number of aromatic hydroxyl groups is 1. The summed E-state index contributed by atoms with van der Waals surface area (Å²) in [5, 5.41) is 16.7. The normalized spacial score (nSPS) is 11.2. The zero-order chi connectivity index (χ0) is 15.4. The second-order valence-electron chi connectivity index (χ2n) is 3.68.